The van der Waals surface area contributed by atoms with Crippen molar-refractivity contribution < 1.29 is 49.5 Å². The van der Waals surface area contributed by atoms with Crippen LogP contribution in [0.1, 0.15) is 33.6 Å². The lowest BCUT2D eigenvalue weighted by atomic mass is 9.96. The number of carbonyl (C=O) groups is 3. The van der Waals surface area contributed by atoms with Crippen LogP contribution in [0.2, 0.25) is 0 Å². The van der Waals surface area contributed by atoms with Gasteiger partial charge in [-0.1, -0.05) is 0 Å². The van der Waals surface area contributed by atoms with E-state index in [1.54, 1.807) is 0 Å². The molecule has 0 aliphatic carbocycles. The molecule has 0 radical (unpaired) electrons. The van der Waals surface area contributed by atoms with E-state index in [1.807, 2.05) is 0 Å². The molecule has 0 rings (SSSR count). The average molecular weight is 412 g/mol. The van der Waals surface area contributed by atoms with Crippen molar-refractivity contribution in [2.45, 2.75) is 39.2 Å². The van der Waals surface area contributed by atoms with E-state index in [1.165, 1.54) is 34.3 Å². The van der Waals surface area contributed by atoms with Gasteiger partial charge in [-0.2, -0.15) is 0 Å². The summed E-state index contributed by atoms with van der Waals surface area (Å²) in [6, 6.07) is 0. The van der Waals surface area contributed by atoms with Crippen LogP contribution < -0.4 is 30.0 Å². The van der Waals surface area contributed by atoms with Crippen LogP contribution >= 0.6 is 0 Å². The highest BCUT2D eigenvalue weighted by Crippen LogP contribution is 2.13. The predicted octanol–water partition coefficient (Wildman–Crippen LogP) is -7.80. The number of aliphatic carboxylic acids is 3. The fourth-order valence-corrected chi connectivity index (χ4v) is 0.684. The summed E-state index contributed by atoms with van der Waals surface area (Å²) in [6.45, 7) is 10.2. The summed E-state index contributed by atoms with van der Waals surface area (Å²) in [5, 5.41) is 38.9. The normalized spacial score (nSPS) is 10.2. The number of carboxylic acid groups (broad SMARTS) is 3. The molecule has 0 saturated heterocycles. The smallest absolute Gasteiger partial charge is 0.114 e. The second kappa shape index (κ2) is 20.0. The van der Waals surface area contributed by atoms with Crippen LogP contribution in [-0.4, -0.2) is 90.5 Å². The first-order chi connectivity index (χ1) is 12.6. The fourth-order valence-electron chi connectivity index (χ4n) is 0.684. The van der Waals surface area contributed by atoms with Crippen LogP contribution in [0.4, 0.5) is 0 Å². The molecule has 0 amide bonds. The van der Waals surface area contributed by atoms with E-state index in [9.17, 15) is 29.7 Å². The third kappa shape index (κ3) is 32.0. The molecule has 10 heteroatoms. The van der Waals surface area contributed by atoms with Crippen molar-refractivity contribution in [1.82, 2.24) is 0 Å². The Morgan fingerprint density at radius 2 is 0.857 bits per heavy atom. The first-order valence-corrected chi connectivity index (χ1v) is 9.29. The highest BCUT2D eigenvalue weighted by atomic mass is 16.4. The third-order valence-electron chi connectivity index (χ3n) is 3.37. The van der Waals surface area contributed by atoms with Gasteiger partial charge in [0.15, 0.2) is 0 Å². The van der Waals surface area contributed by atoms with E-state index in [-0.39, 0.29) is 0 Å². The van der Waals surface area contributed by atoms with Crippen LogP contribution in [0, 0.1) is 0 Å². The van der Waals surface area contributed by atoms with Gasteiger partial charge in [-0.05, 0) is 20.8 Å². The Balaban J connectivity index is -0.000000159. The van der Waals surface area contributed by atoms with Crippen molar-refractivity contribution in [2.75, 3.05) is 61.9 Å². The zero-order valence-corrected chi connectivity index (χ0v) is 18.9. The number of aliphatic hydroxyl groups is 1. The Morgan fingerprint density at radius 3 is 0.929 bits per heavy atom. The fraction of sp³-hybridized carbons (Fsp3) is 0.833. The molecule has 4 N–H and O–H groups in total. The zero-order chi connectivity index (χ0) is 23.5. The molecule has 170 valence electrons. The molecule has 0 aliphatic heterocycles. The molecule has 0 saturated carbocycles. The highest BCUT2D eigenvalue weighted by molar-refractivity contribution is 5.86. The maximum atomic E-state index is 10.1. The summed E-state index contributed by atoms with van der Waals surface area (Å²) in [4.78, 5) is 34.5. The van der Waals surface area contributed by atoms with E-state index in [2.05, 4.69) is 63.1 Å². The van der Waals surface area contributed by atoms with Gasteiger partial charge in [0.2, 0.25) is 0 Å². The van der Waals surface area contributed by atoms with Gasteiger partial charge in [-0.3, -0.25) is 0 Å². The van der Waals surface area contributed by atoms with Gasteiger partial charge < -0.3 is 49.5 Å². The minimum atomic E-state index is -2.97. The standard InChI is InChI=1S/C6H8O7.3C4H11N/c7-3(8)1-6(13,5(11)12)2-4(9)10;3*1-4-5(2)3/h13H,1-2H2,(H,7,8)(H,9,10)(H,11,12);3*4H2,1-3H3. The summed E-state index contributed by atoms with van der Waals surface area (Å²) in [6.07, 6.45) is -2.72. The van der Waals surface area contributed by atoms with Gasteiger partial charge in [0.05, 0.1) is 67.9 Å². The second-order valence-electron chi connectivity index (χ2n) is 7.10. The largest absolute Gasteiger partial charge is 0.550 e. The Hall–Kier alpha value is -1.75. The van der Waals surface area contributed by atoms with Crippen LogP contribution in [0.25, 0.3) is 0 Å². The van der Waals surface area contributed by atoms with Crippen molar-refractivity contribution in [3.8, 4) is 0 Å². The average Bonchev–Trinajstić information content (AvgIpc) is 2.54. The molecule has 0 spiro atoms. The number of quaternary nitrogens is 3. The van der Waals surface area contributed by atoms with Crippen molar-refractivity contribution in [3.63, 3.8) is 0 Å². The van der Waals surface area contributed by atoms with E-state index < -0.39 is 36.4 Å². The van der Waals surface area contributed by atoms with Crippen molar-refractivity contribution in [1.29, 1.82) is 0 Å². The maximum absolute atomic E-state index is 10.1. The lowest BCUT2D eigenvalue weighted by Gasteiger charge is -2.29. The van der Waals surface area contributed by atoms with Gasteiger partial charge in [-0.15, -0.1) is 0 Å². The maximum Gasteiger partial charge on any atom is 0.114 e. The number of carbonyl (C=O) groups excluding carboxylic acids is 3. The summed E-state index contributed by atoms with van der Waals surface area (Å²) in [7, 11) is 12.8. The van der Waals surface area contributed by atoms with Crippen molar-refractivity contribution in [2.24, 2.45) is 0 Å². The minimum Gasteiger partial charge on any atom is -0.550 e. The Kier molecular flexibility index (Phi) is 24.1. The first kappa shape index (κ1) is 33.8. The second-order valence-corrected chi connectivity index (χ2v) is 7.10. The highest BCUT2D eigenvalue weighted by Gasteiger charge is 2.29. The lowest BCUT2D eigenvalue weighted by molar-refractivity contribution is -0.856. The third-order valence-corrected chi connectivity index (χ3v) is 3.37. The number of rotatable bonds is 8. The summed E-state index contributed by atoms with van der Waals surface area (Å²) in [5.41, 5.74) is -2.97. The molecule has 0 aromatic heterocycles. The summed E-state index contributed by atoms with van der Waals surface area (Å²) >= 11 is 0. The summed E-state index contributed by atoms with van der Waals surface area (Å²) in [5.74, 6) is -5.98. The topological polar surface area (TPSA) is 154 Å². The molecular weight excluding hydrogens is 370 g/mol. The molecule has 0 aromatic rings. The predicted molar refractivity (Wildman–Crippen MR) is 99.3 cm³/mol. The molecule has 0 fully saturated rings. The molecule has 0 unspecified atom stereocenters. The van der Waals surface area contributed by atoms with Crippen LogP contribution in [-0.2, 0) is 14.4 Å². The SMILES string of the molecule is CC[NH+](C)C.CC[NH+](C)C.CC[NH+](C)C.O=C([O-])CC(O)(CC(=O)[O-])C(=O)[O-]. The first-order valence-electron chi connectivity index (χ1n) is 9.29. The van der Waals surface area contributed by atoms with E-state index >= 15 is 0 Å². The van der Waals surface area contributed by atoms with Gasteiger partial charge in [0, 0.05) is 24.8 Å². The number of hydrogen-bond donors (Lipinski definition) is 4. The molecule has 10 nitrogen and oxygen atoms in total. The zero-order valence-electron chi connectivity index (χ0n) is 18.9. The van der Waals surface area contributed by atoms with E-state index in [4.69, 9.17) is 5.11 Å². The Labute approximate surface area is 169 Å². The molecule has 28 heavy (non-hydrogen) atoms. The number of nitrogens with one attached hydrogen (secondary N) is 3. The molecular formula is C18H41N3O7. The Morgan fingerprint density at radius 1 is 0.679 bits per heavy atom. The van der Waals surface area contributed by atoms with Crippen molar-refractivity contribution in [3.05, 3.63) is 0 Å². The van der Waals surface area contributed by atoms with E-state index in [0.717, 1.165) is 0 Å². The molecule has 0 bridgehead atoms. The van der Waals surface area contributed by atoms with Crippen molar-refractivity contribution >= 4 is 17.9 Å². The molecule has 0 aliphatic rings. The number of carboxylic acids is 3. The molecule has 0 atom stereocenters. The van der Waals surface area contributed by atoms with Crippen LogP contribution in [0.15, 0.2) is 0 Å². The van der Waals surface area contributed by atoms with Crippen LogP contribution in [0.3, 0.4) is 0 Å². The van der Waals surface area contributed by atoms with Gasteiger partial charge in [0.25, 0.3) is 0 Å². The van der Waals surface area contributed by atoms with Crippen LogP contribution in [0.5, 0.6) is 0 Å². The quantitative estimate of drug-likeness (QED) is 0.309. The monoisotopic (exact) mass is 411 g/mol. The Bertz CT molecular complexity index is 379. The van der Waals surface area contributed by atoms with Gasteiger partial charge in [0.1, 0.15) is 5.60 Å². The molecule has 0 aromatic carbocycles. The lowest BCUT2D eigenvalue weighted by Crippen LogP contribution is -3.05. The number of hydrogen-bond acceptors (Lipinski definition) is 7. The molecule has 0 heterocycles. The van der Waals surface area contributed by atoms with Gasteiger partial charge in [-0.25, -0.2) is 0 Å². The minimum absolute atomic E-state index is 1.22. The van der Waals surface area contributed by atoms with Gasteiger partial charge >= 0.3 is 0 Å². The van der Waals surface area contributed by atoms with E-state index in [0.29, 0.717) is 0 Å². The summed E-state index contributed by atoms with van der Waals surface area (Å²) < 4.78 is 0.